The molecule has 3 amide bonds. The maximum Gasteiger partial charge on any atom is 0.243 e. The second-order valence-electron chi connectivity index (χ2n) is 11.3. The number of carbonyl (C=O) groups is 3. The maximum atomic E-state index is 13.6. The molecule has 0 saturated heterocycles. The lowest BCUT2D eigenvalue weighted by atomic mass is 9.82. The number of hydrogen-bond acceptors (Lipinski definition) is 6. The van der Waals surface area contributed by atoms with Crippen LogP contribution in [-0.2, 0) is 20.8 Å². The Hall–Kier alpha value is -3.37. The first kappa shape index (κ1) is 34.8. The number of amides is 3. The lowest BCUT2D eigenvalue weighted by molar-refractivity contribution is -0.136. The summed E-state index contributed by atoms with van der Waals surface area (Å²) in [6.07, 6.45) is 14.3. The molecule has 1 aromatic rings. The molecule has 0 aliphatic heterocycles. The summed E-state index contributed by atoms with van der Waals surface area (Å²) in [6.45, 7) is 1.11. The molecule has 5 unspecified atom stereocenters. The molecule has 1 fully saturated rings. The molecule has 2 rings (SSSR count). The number of terminal acetylenes is 2. The Balaban J connectivity index is 2.20. The first-order valence-electron chi connectivity index (χ1n) is 15.0. The van der Waals surface area contributed by atoms with Crippen LogP contribution in [0, 0.1) is 36.5 Å². The highest BCUT2D eigenvalue weighted by molar-refractivity contribution is 5.91. The van der Waals surface area contributed by atoms with Crippen molar-refractivity contribution < 1.29 is 24.6 Å². The SMILES string of the molecule is C#CCC(NC(=O)C(CC(=O)N(C)CCNC)Cc1ccccc1)C(=O)NC(CC1CCCCC1)C(O)C(O)CC#C. The molecule has 0 heterocycles. The largest absolute Gasteiger partial charge is 0.389 e. The van der Waals surface area contributed by atoms with Crippen molar-refractivity contribution >= 4 is 17.7 Å². The Morgan fingerprint density at radius 2 is 1.67 bits per heavy atom. The molecule has 0 aromatic heterocycles. The van der Waals surface area contributed by atoms with E-state index in [-0.39, 0.29) is 25.2 Å². The van der Waals surface area contributed by atoms with Crippen molar-refractivity contribution in [3.8, 4) is 24.7 Å². The van der Waals surface area contributed by atoms with Gasteiger partial charge in [-0.1, -0.05) is 62.4 Å². The van der Waals surface area contributed by atoms with Crippen LogP contribution in [0.2, 0.25) is 0 Å². The van der Waals surface area contributed by atoms with Gasteiger partial charge >= 0.3 is 0 Å². The molecule has 1 aliphatic rings. The van der Waals surface area contributed by atoms with Gasteiger partial charge in [-0.25, -0.2) is 0 Å². The second kappa shape index (κ2) is 18.9. The van der Waals surface area contributed by atoms with Gasteiger partial charge in [0, 0.05) is 39.4 Å². The number of hydrogen-bond donors (Lipinski definition) is 5. The maximum absolute atomic E-state index is 13.6. The summed E-state index contributed by atoms with van der Waals surface area (Å²) < 4.78 is 0. The minimum Gasteiger partial charge on any atom is -0.389 e. The zero-order valence-electron chi connectivity index (χ0n) is 25.1. The van der Waals surface area contributed by atoms with Gasteiger partial charge in [-0.3, -0.25) is 14.4 Å². The summed E-state index contributed by atoms with van der Waals surface area (Å²) in [5.41, 5.74) is 0.888. The Labute approximate surface area is 251 Å². The van der Waals surface area contributed by atoms with Crippen molar-refractivity contribution in [1.29, 1.82) is 0 Å². The van der Waals surface area contributed by atoms with Gasteiger partial charge < -0.3 is 31.1 Å². The van der Waals surface area contributed by atoms with Crippen molar-refractivity contribution in [2.75, 3.05) is 27.2 Å². The van der Waals surface area contributed by atoms with Gasteiger partial charge in [0.25, 0.3) is 0 Å². The van der Waals surface area contributed by atoms with Crippen molar-refractivity contribution in [2.45, 2.75) is 88.5 Å². The average Bonchev–Trinajstić information content (AvgIpc) is 2.99. The van der Waals surface area contributed by atoms with Crippen LogP contribution in [0.5, 0.6) is 0 Å². The topological polar surface area (TPSA) is 131 Å². The Bertz CT molecular complexity index is 1060. The highest BCUT2D eigenvalue weighted by atomic mass is 16.3. The predicted octanol–water partition coefficient (Wildman–Crippen LogP) is 1.62. The van der Waals surface area contributed by atoms with Crippen LogP contribution >= 0.6 is 0 Å². The van der Waals surface area contributed by atoms with E-state index in [1.165, 1.54) is 0 Å². The van der Waals surface area contributed by atoms with Gasteiger partial charge in [-0.15, -0.1) is 24.7 Å². The quantitative estimate of drug-likeness (QED) is 0.178. The molecule has 1 saturated carbocycles. The van der Waals surface area contributed by atoms with E-state index in [1.54, 1.807) is 19.0 Å². The standard InChI is InChI=1S/C33H48N4O5/c1-5-13-27(33(42)36-28(31(40)29(38)14-6-2)22-25-17-11-8-12-18-25)35-32(41)26(21-24-15-9-7-10-16-24)23-30(39)37(4)20-19-34-3/h1-2,7,9-10,15-16,25-29,31,34,38,40H,8,11-14,17-23H2,3-4H3,(H,35,41)(H,36,42). The van der Waals surface area contributed by atoms with E-state index < -0.39 is 42.0 Å². The Morgan fingerprint density at radius 1 is 1.00 bits per heavy atom. The summed E-state index contributed by atoms with van der Waals surface area (Å²) in [4.78, 5) is 41.6. The van der Waals surface area contributed by atoms with Crippen molar-refractivity contribution in [2.24, 2.45) is 11.8 Å². The van der Waals surface area contributed by atoms with Crippen LogP contribution in [0.4, 0.5) is 0 Å². The zero-order chi connectivity index (χ0) is 30.9. The molecule has 0 spiro atoms. The minimum absolute atomic E-state index is 0.0351. The molecule has 5 N–H and O–H groups in total. The van der Waals surface area contributed by atoms with E-state index in [0.29, 0.717) is 31.8 Å². The number of rotatable bonds is 17. The summed E-state index contributed by atoms with van der Waals surface area (Å²) in [6, 6.07) is 7.55. The van der Waals surface area contributed by atoms with Gasteiger partial charge in [0.2, 0.25) is 17.7 Å². The highest BCUT2D eigenvalue weighted by Crippen LogP contribution is 2.28. The number of aliphatic hydroxyl groups is 2. The van der Waals surface area contributed by atoms with E-state index in [2.05, 4.69) is 27.8 Å². The first-order valence-corrected chi connectivity index (χ1v) is 15.0. The van der Waals surface area contributed by atoms with Gasteiger partial charge in [0.15, 0.2) is 0 Å². The molecule has 9 nitrogen and oxygen atoms in total. The number of carbonyl (C=O) groups excluding carboxylic acids is 3. The summed E-state index contributed by atoms with van der Waals surface area (Å²) >= 11 is 0. The van der Waals surface area contributed by atoms with Crippen LogP contribution in [0.15, 0.2) is 30.3 Å². The fourth-order valence-electron chi connectivity index (χ4n) is 5.40. The number of likely N-dealkylation sites (N-methyl/N-ethyl adjacent to an activating group) is 2. The lowest BCUT2D eigenvalue weighted by Gasteiger charge is -2.33. The lowest BCUT2D eigenvalue weighted by Crippen LogP contribution is -2.55. The first-order chi connectivity index (χ1) is 20.2. The molecule has 230 valence electrons. The minimum atomic E-state index is -1.27. The monoisotopic (exact) mass is 580 g/mol. The van der Waals surface area contributed by atoms with Crippen LogP contribution in [-0.4, -0.2) is 84.3 Å². The molecule has 1 aliphatic carbocycles. The van der Waals surface area contributed by atoms with Crippen LogP contribution in [0.3, 0.4) is 0 Å². The van der Waals surface area contributed by atoms with E-state index in [4.69, 9.17) is 12.8 Å². The molecule has 9 heteroatoms. The van der Waals surface area contributed by atoms with Crippen molar-refractivity contribution in [1.82, 2.24) is 20.9 Å². The molecular formula is C33H48N4O5. The van der Waals surface area contributed by atoms with Crippen molar-refractivity contribution in [3.63, 3.8) is 0 Å². The van der Waals surface area contributed by atoms with E-state index in [9.17, 15) is 24.6 Å². The summed E-state index contributed by atoms with van der Waals surface area (Å²) in [7, 11) is 3.49. The molecular weight excluding hydrogens is 532 g/mol. The molecule has 42 heavy (non-hydrogen) atoms. The summed E-state index contributed by atoms with van der Waals surface area (Å²) in [5, 5.41) is 30.0. The molecule has 5 atom stereocenters. The van der Waals surface area contributed by atoms with E-state index >= 15 is 0 Å². The van der Waals surface area contributed by atoms with Crippen LogP contribution in [0.1, 0.15) is 63.4 Å². The van der Waals surface area contributed by atoms with Gasteiger partial charge in [0.05, 0.1) is 18.1 Å². The normalized spacial score (nSPS) is 17.0. The predicted molar refractivity (Wildman–Crippen MR) is 164 cm³/mol. The molecule has 1 aromatic carbocycles. The number of benzene rings is 1. The van der Waals surface area contributed by atoms with Crippen LogP contribution < -0.4 is 16.0 Å². The second-order valence-corrected chi connectivity index (χ2v) is 11.3. The highest BCUT2D eigenvalue weighted by Gasteiger charge is 2.33. The Morgan fingerprint density at radius 3 is 2.29 bits per heavy atom. The van der Waals surface area contributed by atoms with Crippen molar-refractivity contribution in [3.05, 3.63) is 35.9 Å². The third-order valence-corrected chi connectivity index (χ3v) is 7.97. The third-order valence-electron chi connectivity index (χ3n) is 7.97. The van der Waals surface area contributed by atoms with E-state index in [0.717, 1.165) is 37.7 Å². The van der Waals surface area contributed by atoms with Crippen LogP contribution in [0.25, 0.3) is 0 Å². The molecule has 0 radical (unpaired) electrons. The Kier molecular flexibility index (Phi) is 15.7. The molecule has 0 bridgehead atoms. The van der Waals surface area contributed by atoms with Gasteiger partial charge in [-0.05, 0) is 31.4 Å². The average molecular weight is 581 g/mol. The number of nitrogens with one attached hydrogen (secondary N) is 3. The van der Waals surface area contributed by atoms with E-state index in [1.807, 2.05) is 30.3 Å². The smallest absolute Gasteiger partial charge is 0.243 e. The fraction of sp³-hybridized carbons (Fsp3) is 0.606. The van der Waals surface area contributed by atoms with Gasteiger partial charge in [-0.2, -0.15) is 0 Å². The van der Waals surface area contributed by atoms with Gasteiger partial charge in [0.1, 0.15) is 12.1 Å². The third kappa shape index (κ3) is 11.9. The zero-order valence-corrected chi connectivity index (χ0v) is 25.1. The number of nitrogens with zero attached hydrogens (tertiary/aromatic N) is 1. The summed E-state index contributed by atoms with van der Waals surface area (Å²) in [5.74, 6) is 3.18. The number of aliphatic hydroxyl groups excluding tert-OH is 2. The fourth-order valence-corrected chi connectivity index (χ4v) is 5.40.